The Bertz CT molecular complexity index is 598. The smallest absolute Gasteiger partial charge is 0.326 e. The standard InChI is InChI=1S/C25H46N4O3/c1-4-6-8-9-10-11-17-27(16-7-5-2)24(31)21-29-18-12-13-22(29)14-19-28-20-15-23(30)26(3)25(28)32/h22H,4-21H2,1-3H3/t22-/m1/s1. The van der Waals surface area contributed by atoms with Crippen molar-refractivity contribution in [2.45, 2.75) is 96.9 Å². The Labute approximate surface area is 195 Å². The molecule has 0 aliphatic carbocycles. The number of urea groups is 1. The summed E-state index contributed by atoms with van der Waals surface area (Å²) in [6, 6.07) is 0.156. The Balaban J connectivity index is 1.79. The van der Waals surface area contributed by atoms with Crippen molar-refractivity contribution < 1.29 is 14.4 Å². The monoisotopic (exact) mass is 450 g/mol. The zero-order chi connectivity index (χ0) is 23.3. The Morgan fingerprint density at radius 3 is 2.41 bits per heavy atom. The number of unbranched alkanes of at least 4 members (excludes halogenated alkanes) is 6. The highest BCUT2D eigenvalue weighted by atomic mass is 16.2. The lowest BCUT2D eigenvalue weighted by molar-refractivity contribution is -0.133. The third-order valence-corrected chi connectivity index (χ3v) is 7.01. The number of carbonyl (C=O) groups is 3. The molecule has 0 aromatic rings. The van der Waals surface area contributed by atoms with E-state index in [1.807, 2.05) is 0 Å². The van der Waals surface area contributed by atoms with Gasteiger partial charge in [-0.25, -0.2) is 4.79 Å². The number of hydrogen-bond acceptors (Lipinski definition) is 4. The minimum Gasteiger partial charge on any atom is -0.342 e. The lowest BCUT2D eigenvalue weighted by Gasteiger charge is -2.34. The van der Waals surface area contributed by atoms with Gasteiger partial charge in [0, 0.05) is 45.7 Å². The molecule has 0 aromatic carbocycles. The highest BCUT2D eigenvalue weighted by Gasteiger charge is 2.32. The molecular weight excluding hydrogens is 404 g/mol. The third kappa shape index (κ3) is 8.38. The fourth-order valence-electron chi connectivity index (χ4n) is 4.82. The van der Waals surface area contributed by atoms with Crippen molar-refractivity contribution >= 4 is 17.8 Å². The van der Waals surface area contributed by atoms with Gasteiger partial charge in [-0.3, -0.25) is 19.4 Å². The molecule has 2 aliphatic heterocycles. The predicted molar refractivity (Wildman–Crippen MR) is 128 cm³/mol. The predicted octanol–water partition coefficient (Wildman–Crippen LogP) is 4.11. The van der Waals surface area contributed by atoms with Crippen LogP contribution in [0.5, 0.6) is 0 Å². The molecule has 2 rings (SSSR count). The van der Waals surface area contributed by atoms with Gasteiger partial charge in [0.2, 0.25) is 11.8 Å². The summed E-state index contributed by atoms with van der Waals surface area (Å²) in [7, 11) is 1.56. The molecule has 0 spiro atoms. The summed E-state index contributed by atoms with van der Waals surface area (Å²) in [6.07, 6.45) is 13.1. The number of hydrogen-bond donors (Lipinski definition) is 0. The Morgan fingerprint density at radius 1 is 0.969 bits per heavy atom. The van der Waals surface area contributed by atoms with E-state index in [1.54, 1.807) is 11.9 Å². The maximum atomic E-state index is 13.1. The Morgan fingerprint density at radius 2 is 1.66 bits per heavy atom. The Kier molecular flexibility index (Phi) is 12.1. The number of nitrogens with zero attached hydrogens (tertiary/aromatic N) is 4. The molecular formula is C25H46N4O3. The maximum Gasteiger partial charge on any atom is 0.326 e. The van der Waals surface area contributed by atoms with Gasteiger partial charge in [0.05, 0.1) is 6.54 Å². The molecule has 0 unspecified atom stereocenters. The molecule has 0 aromatic heterocycles. The van der Waals surface area contributed by atoms with Crippen LogP contribution in [0, 0.1) is 0 Å². The van der Waals surface area contributed by atoms with Crippen LogP contribution in [0.4, 0.5) is 4.79 Å². The number of amides is 4. The van der Waals surface area contributed by atoms with Crippen LogP contribution in [0.2, 0.25) is 0 Å². The average molecular weight is 451 g/mol. The van der Waals surface area contributed by atoms with Crippen LogP contribution < -0.4 is 0 Å². The molecule has 4 amide bonds. The molecule has 184 valence electrons. The molecule has 1 atom stereocenters. The van der Waals surface area contributed by atoms with Crippen molar-refractivity contribution in [3.8, 4) is 0 Å². The van der Waals surface area contributed by atoms with Crippen LogP contribution in [0.25, 0.3) is 0 Å². The summed E-state index contributed by atoms with van der Waals surface area (Å²) in [5, 5.41) is 0. The molecule has 7 heteroatoms. The van der Waals surface area contributed by atoms with E-state index in [1.165, 1.54) is 37.0 Å². The van der Waals surface area contributed by atoms with Crippen molar-refractivity contribution in [1.29, 1.82) is 0 Å². The first-order valence-corrected chi connectivity index (χ1v) is 13.0. The fraction of sp³-hybridized carbons (Fsp3) is 0.880. The zero-order valence-corrected chi connectivity index (χ0v) is 20.8. The summed E-state index contributed by atoms with van der Waals surface area (Å²) in [6.45, 7) is 8.78. The minimum absolute atomic E-state index is 0.100. The first-order chi connectivity index (χ1) is 15.5. The van der Waals surface area contributed by atoms with E-state index in [0.717, 1.165) is 58.2 Å². The summed E-state index contributed by atoms with van der Waals surface area (Å²) in [5.41, 5.74) is 0. The topological polar surface area (TPSA) is 64.2 Å². The highest BCUT2D eigenvalue weighted by Crippen LogP contribution is 2.22. The van der Waals surface area contributed by atoms with Gasteiger partial charge >= 0.3 is 6.03 Å². The molecule has 32 heavy (non-hydrogen) atoms. The molecule has 2 aliphatic rings. The molecule has 0 N–H and O–H groups in total. The van der Waals surface area contributed by atoms with E-state index in [2.05, 4.69) is 23.6 Å². The molecule has 2 fully saturated rings. The molecule has 2 saturated heterocycles. The number of likely N-dealkylation sites (tertiary alicyclic amines) is 1. The first-order valence-electron chi connectivity index (χ1n) is 13.0. The van der Waals surface area contributed by atoms with Gasteiger partial charge in [-0.15, -0.1) is 0 Å². The van der Waals surface area contributed by atoms with Gasteiger partial charge in [-0.05, 0) is 38.6 Å². The van der Waals surface area contributed by atoms with E-state index < -0.39 is 0 Å². The van der Waals surface area contributed by atoms with Gasteiger partial charge in [0.25, 0.3) is 0 Å². The van der Waals surface area contributed by atoms with Gasteiger partial charge in [0.15, 0.2) is 0 Å². The van der Waals surface area contributed by atoms with E-state index in [-0.39, 0.29) is 17.8 Å². The van der Waals surface area contributed by atoms with Gasteiger partial charge in [-0.1, -0.05) is 52.4 Å². The lowest BCUT2D eigenvalue weighted by atomic mass is 10.1. The maximum absolute atomic E-state index is 13.1. The van der Waals surface area contributed by atoms with Crippen LogP contribution in [-0.2, 0) is 9.59 Å². The summed E-state index contributed by atoms with van der Waals surface area (Å²) in [5.74, 6) is 0.162. The lowest BCUT2D eigenvalue weighted by Crippen LogP contribution is -2.51. The van der Waals surface area contributed by atoms with Crippen molar-refractivity contribution in [2.24, 2.45) is 0 Å². The minimum atomic E-state index is -0.188. The van der Waals surface area contributed by atoms with Gasteiger partial charge in [0.1, 0.15) is 0 Å². The quantitative estimate of drug-likeness (QED) is 0.352. The van der Waals surface area contributed by atoms with Gasteiger partial charge < -0.3 is 9.80 Å². The largest absolute Gasteiger partial charge is 0.342 e. The average Bonchev–Trinajstić information content (AvgIpc) is 3.22. The molecule has 2 heterocycles. The fourth-order valence-corrected chi connectivity index (χ4v) is 4.82. The van der Waals surface area contributed by atoms with Crippen molar-refractivity contribution in [2.75, 3.05) is 46.3 Å². The van der Waals surface area contributed by atoms with E-state index in [0.29, 0.717) is 32.1 Å². The number of rotatable bonds is 15. The molecule has 0 bridgehead atoms. The number of imide groups is 1. The number of carbonyl (C=O) groups excluding carboxylic acids is 3. The van der Waals surface area contributed by atoms with Gasteiger partial charge in [-0.2, -0.15) is 0 Å². The second-order valence-electron chi connectivity index (χ2n) is 9.53. The summed E-state index contributed by atoms with van der Waals surface area (Å²) in [4.78, 5) is 44.6. The summed E-state index contributed by atoms with van der Waals surface area (Å²) < 4.78 is 0. The molecule has 0 radical (unpaired) electrons. The zero-order valence-electron chi connectivity index (χ0n) is 20.8. The van der Waals surface area contributed by atoms with Crippen LogP contribution in [-0.4, -0.2) is 89.8 Å². The first kappa shape index (κ1) is 26.6. The van der Waals surface area contributed by atoms with Crippen molar-refractivity contribution in [1.82, 2.24) is 19.6 Å². The van der Waals surface area contributed by atoms with E-state index in [9.17, 15) is 14.4 Å². The SMILES string of the molecule is CCCCCCCCN(CCCC)C(=O)CN1CCC[C@@H]1CCN1CCC(=O)N(C)C1=O. The van der Waals surface area contributed by atoms with E-state index in [4.69, 9.17) is 0 Å². The molecule has 7 nitrogen and oxygen atoms in total. The Hall–Kier alpha value is -1.63. The van der Waals surface area contributed by atoms with Crippen LogP contribution >= 0.6 is 0 Å². The molecule has 0 saturated carbocycles. The summed E-state index contributed by atoms with van der Waals surface area (Å²) >= 11 is 0. The highest BCUT2D eigenvalue weighted by molar-refractivity contribution is 5.96. The van der Waals surface area contributed by atoms with Crippen LogP contribution in [0.15, 0.2) is 0 Å². The van der Waals surface area contributed by atoms with E-state index >= 15 is 0 Å². The van der Waals surface area contributed by atoms with Crippen LogP contribution in [0.3, 0.4) is 0 Å². The second kappa shape index (κ2) is 14.5. The third-order valence-electron chi connectivity index (χ3n) is 7.01. The second-order valence-corrected chi connectivity index (χ2v) is 9.53. The van der Waals surface area contributed by atoms with Crippen molar-refractivity contribution in [3.05, 3.63) is 0 Å². The van der Waals surface area contributed by atoms with Crippen LogP contribution in [0.1, 0.15) is 90.9 Å². The van der Waals surface area contributed by atoms with Crippen molar-refractivity contribution in [3.63, 3.8) is 0 Å². The normalized spacial score (nSPS) is 19.8.